The van der Waals surface area contributed by atoms with Crippen molar-refractivity contribution in [3.63, 3.8) is 0 Å². The van der Waals surface area contributed by atoms with Crippen molar-refractivity contribution in [2.24, 2.45) is 0 Å². The van der Waals surface area contributed by atoms with Crippen LogP contribution >= 0.6 is 0 Å². The third-order valence-corrected chi connectivity index (χ3v) is 4.65. The quantitative estimate of drug-likeness (QED) is 0.884. The third kappa shape index (κ3) is 4.24. The molecule has 0 aromatic heterocycles. The molecule has 1 aliphatic rings. The molecule has 3 rings (SSSR count). The lowest BCUT2D eigenvalue weighted by Gasteiger charge is -2.24. The summed E-state index contributed by atoms with van der Waals surface area (Å²) >= 11 is 0. The van der Waals surface area contributed by atoms with Crippen LogP contribution in [0.3, 0.4) is 0 Å². The molecule has 1 saturated heterocycles. The van der Waals surface area contributed by atoms with Gasteiger partial charge in [-0.2, -0.15) is 0 Å². The molecule has 1 aliphatic heterocycles. The van der Waals surface area contributed by atoms with Gasteiger partial charge in [-0.3, -0.25) is 4.79 Å². The number of hydrogen-bond acceptors (Lipinski definition) is 2. The van der Waals surface area contributed by atoms with E-state index < -0.39 is 0 Å². The van der Waals surface area contributed by atoms with E-state index in [1.165, 1.54) is 12.8 Å². The van der Waals surface area contributed by atoms with Gasteiger partial charge in [0.25, 0.3) is 0 Å². The predicted molar refractivity (Wildman–Crippen MR) is 98.0 cm³/mol. The first-order chi connectivity index (χ1) is 11.7. The van der Waals surface area contributed by atoms with Crippen LogP contribution in [0.2, 0.25) is 0 Å². The molecule has 1 amide bonds. The largest absolute Gasteiger partial charge is 0.352 e. The van der Waals surface area contributed by atoms with Gasteiger partial charge in [0.2, 0.25) is 5.91 Å². The lowest BCUT2D eigenvalue weighted by Crippen LogP contribution is -2.43. The van der Waals surface area contributed by atoms with Crippen LogP contribution in [0.5, 0.6) is 0 Å². The topological polar surface area (TPSA) is 32.3 Å². The minimum absolute atomic E-state index is 0.0825. The van der Waals surface area contributed by atoms with Crippen molar-refractivity contribution in [1.29, 1.82) is 0 Å². The van der Waals surface area contributed by atoms with E-state index in [2.05, 4.69) is 17.1 Å². The Morgan fingerprint density at radius 1 is 0.958 bits per heavy atom. The summed E-state index contributed by atoms with van der Waals surface area (Å²) in [5.41, 5.74) is 2.07. The molecule has 0 radical (unpaired) electrons. The van der Waals surface area contributed by atoms with Gasteiger partial charge in [-0.05, 0) is 44.0 Å². The highest BCUT2D eigenvalue weighted by Gasteiger charge is 2.24. The van der Waals surface area contributed by atoms with Gasteiger partial charge < -0.3 is 10.2 Å². The first kappa shape index (κ1) is 16.7. The number of amides is 1. The van der Waals surface area contributed by atoms with Crippen molar-refractivity contribution in [2.75, 3.05) is 19.6 Å². The van der Waals surface area contributed by atoms with Crippen molar-refractivity contribution in [1.82, 2.24) is 10.2 Å². The fourth-order valence-corrected chi connectivity index (χ4v) is 3.51. The molecule has 3 heteroatoms. The number of carbonyl (C=O) groups is 1. The minimum atomic E-state index is -0.256. The third-order valence-electron chi connectivity index (χ3n) is 4.65. The average Bonchev–Trinajstić information content (AvgIpc) is 3.10. The zero-order valence-corrected chi connectivity index (χ0v) is 14.3. The van der Waals surface area contributed by atoms with E-state index in [0.29, 0.717) is 0 Å². The highest BCUT2D eigenvalue weighted by Crippen LogP contribution is 2.25. The van der Waals surface area contributed by atoms with Gasteiger partial charge in [0.15, 0.2) is 0 Å². The summed E-state index contributed by atoms with van der Waals surface area (Å²) in [5.74, 6) is -0.174. The number of hydrogen-bond donors (Lipinski definition) is 1. The van der Waals surface area contributed by atoms with E-state index in [9.17, 15) is 4.79 Å². The van der Waals surface area contributed by atoms with E-state index in [0.717, 1.165) is 30.8 Å². The average molecular weight is 322 g/mol. The van der Waals surface area contributed by atoms with Gasteiger partial charge in [0, 0.05) is 12.6 Å². The van der Waals surface area contributed by atoms with Crippen molar-refractivity contribution in [3.05, 3.63) is 71.8 Å². The van der Waals surface area contributed by atoms with Crippen LogP contribution in [0.4, 0.5) is 0 Å². The zero-order valence-electron chi connectivity index (χ0n) is 14.3. The molecule has 24 heavy (non-hydrogen) atoms. The van der Waals surface area contributed by atoms with Gasteiger partial charge in [0.05, 0.1) is 5.92 Å². The Labute approximate surface area is 144 Å². The monoisotopic (exact) mass is 322 g/mol. The summed E-state index contributed by atoms with van der Waals surface area (Å²) in [4.78, 5) is 15.4. The van der Waals surface area contributed by atoms with Crippen LogP contribution in [0.15, 0.2) is 60.7 Å². The summed E-state index contributed by atoms with van der Waals surface area (Å²) < 4.78 is 0. The lowest BCUT2D eigenvalue weighted by atomic mass is 9.90. The summed E-state index contributed by atoms with van der Waals surface area (Å²) in [5, 5.41) is 3.22. The van der Waals surface area contributed by atoms with Crippen molar-refractivity contribution in [2.45, 2.75) is 31.7 Å². The Kier molecular flexibility index (Phi) is 5.65. The maximum absolute atomic E-state index is 13.0. The van der Waals surface area contributed by atoms with Crippen molar-refractivity contribution >= 4 is 5.91 Å². The maximum Gasteiger partial charge on any atom is 0.232 e. The molecule has 1 unspecified atom stereocenters. The van der Waals surface area contributed by atoms with Crippen LogP contribution in [-0.2, 0) is 4.79 Å². The number of likely N-dealkylation sites (tertiary alicyclic amines) is 1. The Morgan fingerprint density at radius 2 is 1.46 bits per heavy atom. The smallest absolute Gasteiger partial charge is 0.232 e. The first-order valence-electron chi connectivity index (χ1n) is 8.86. The Morgan fingerprint density at radius 3 is 1.96 bits per heavy atom. The minimum Gasteiger partial charge on any atom is -0.352 e. The highest BCUT2D eigenvalue weighted by molar-refractivity contribution is 5.87. The fraction of sp³-hybridized carbons (Fsp3) is 0.381. The van der Waals surface area contributed by atoms with Gasteiger partial charge in [-0.1, -0.05) is 60.7 Å². The Hall–Kier alpha value is -2.13. The standard InChI is InChI=1S/C21H26N2O/c1-17(16-23-14-8-9-15-23)22-21(24)20(18-10-4-2-5-11-18)19-12-6-3-7-13-19/h2-7,10-13,17,20H,8-9,14-16H2,1H3,(H,22,24). The second kappa shape index (κ2) is 8.11. The molecule has 0 saturated carbocycles. The van der Waals surface area contributed by atoms with Crippen LogP contribution < -0.4 is 5.32 Å². The molecular formula is C21H26N2O. The highest BCUT2D eigenvalue weighted by atomic mass is 16.1. The van der Waals surface area contributed by atoms with Gasteiger partial charge in [-0.25, -0.2) is 0 Å². The molecule has 3 nitrogen and oxygen atoms in total. The number of benzene rings is 2. The van der Waals surface area contributed by atoms with Gasteiger partial charge in [-0.15, -0.1) is 0 Å². The molecule has 2 aromatic carbocycles. The second-order valence-corrected chi connectivity index (χ2v) is 6.67. The van der Waals surface area contributed by atoms with Crippen LogP contribution in [0, 0.1) is 0 Å². The normalized spacial score (nSPS) is 16.2. The number of nitrogens with zero attached hydrogens (tertiary/aromatic N) is 1. The zero-order chi connectivity index (χ0) is 16.8. The number of rotatable bonds is 6. The lowest BCUT2D eigenvalue weighted by molar-refractivity contribution is -0.122. The molecule has 0 bridgehead atoms. The van der Waals surface area contributed by atoms with E-state index >= 15 is 0 Å². The van der Waals surface area contributed by atoms with Gasteiger partial charge >= 0.3 is 0 Å². The van der Waals surface area contributed by atoms with Crippen LogP contribution in [-0.4, -0.2) is 36.5 Å². The molecular weight excluding hydrogens is 296 g/mol. The molecule has 2 aromatic rings. The summed E-state index contributed by atoms with van der Waals surface area (Å²) in [7, 11) is 0. The molecule has 1 N–H and O–H groups in total. The molecule has 0 spiro atoms. The number of nitrogens with one attached hydrogen (secondary N) is 1. The predicted octanol–water partition coefficient (Wildman–Crippen LogP) is 3.42. The SMILES string of the molecule is CC(CN1CCCC1)NC(=O)C(c1ccccc1)c1ccccc1. The molecule has 126 valence electrons. The Balaban J connectivity index is 1.74. The van der Waals surface area contributed by atoms with Gasteiger partial charge in [0.1, 0.15) is 0 Å². The van der Waals surface area contributed by atoms with E-state index in [-0.39, 0.29) is 17.9 Å². The fourth-order valence-electron chi connectivity index (χ4n) is 3.51. The first-order valence-corrected chi connectivity index (χ1v) is 8.86. The van der Waals surface area contributed by atoms with E-state index in [1.54, 1.807) is 0 Å². The summed E-state index contributed by atoms with van der Waals surface area (Å²) in [6.45, 7) is 5.34. The molecule has 0 aliphatic carbocycles. The van der Waals surface area contributed by atoms with E-state index in [1.807, 2.05) is 60.7 Å². The van der Waals surface area contributed by atoms with Crippen molar-refractivity contribution < 1.29 is 4.79 Å². The Bertz CT molecular complexity index is 596. The molecule has 1 heterocycles. The van der Waals surface area contributed by atoms with E-state index in [4.69, 9.17) is 0 Å². The van der Waals surface area contributed by atoms with Crippen molar-refractivity contribution in [3.8, 4) is 0 Å². The summed E-state index contributed by atoms with van der Waals surface area (Å²) in [6, 6.07) is 20.2. The molecule has 1 fully saturated rings. The molecule has 1 atom stereocenters. The van der Waals surface area contributed by atoms with Crippen LogP contribution in [0.25, 0.3) is 0 Å². The number of carbonyl (C=O) groups excluding carboxylic acids is 1. The summed E-state index contributed by atoms with van der Waals surface area (Å²) in [6.07, 6.45) is 2.55. The van der Waals surface area contributed by atoms with Crippen LogP contribution in [0.1, 0.15) is 36.8 Å². The second-order valence-electron chi connectivity index (χ2n) is 6.67. The maximum atomic E-state index is 13.0.